The molecule has 0 saturated heterocycles. The molecule has 4 aromatic rings. The second kappa shape index (κ2) is 8.67. The molecular formula is C26H19BrN2O4. The Kier molecular flexibility index (Phi) is 5.56. The van der Waals surface area contributed by atoms with E-state index in [-0.39, 0.29) is 12.5 Å². The van der Waals surface area contributed by atoms with Crippen molar-refractivity contribution in [2.24, 2.45) is 0 Å². The van der Waals surface area contributed by atoms with Crippen molar-refractivity contribution >= 4 is 38.9 Å². The summed E-state index contributed by atoms with van der Waals surface area (Å²) in [4.78, 5) is 29.1. The van der Waals surface area contributed by atoms with Gasteiger partial charge in [0, 0.05) is 27.5 Å². The smallest absolute Gasteiger partial charge is 0.408 e. The van der Waals surface area contributed by atoms with Crippen molar-refractivity contribution in [2.45, 2.75) is 12.0 Å². The highest BCUT2D eigenvalue weighted by Crippen LogP contribution is 2.44. The molecule has 3 aromatic carbocycles. The van der Waals surface area contributed by atoms with Crippen molar-refractivity contribution in [3.05, 3.63) is 100 Å². The van der Waals surface area contributed by atoms with Gasteiger partial charge in [0.25, 0.3) is 0 Å². The van der Waals surface area contributed by atoms with Crippen LogP contribution >= 0.6 is 15.9 Å². The Balaban J connectivity index is 1.37. The Bertz CT molecular complexity index is 1340. The van der Waals surface area contributed by atoms with Gasteiger partial charge in [0.2, 0.25) is 0 Å². The maximum atomic E-state index is 12.7. The van der Waals surface area contributed by atoms with Crippen LogP contribution in [0.4, 0.5) is 4.79 Å². The summed E-state index contributed by atoms with van der Waals surface area (Å²) in [5, 5.41) is 13.1. The lowest BCUT2D eigenvalue weighted by Gasteiger charge is -2.18. The lowest BCUT2D eigenvalue weighted by Crippen LogP contribution is -2.35. The van der Waals surface area contributed by atoms with E-state index in [4.69, 9.17) is 4.74 Å². The van der Waals surface area contributed by atoms with E-state index in [1.165, 1.54) is 0 Å². The summed E-state index contributed by atoms with van der Waals surface area (Å²) in [5.41, 5.74) is 5.30. The lowest BCUT2D eigenvalue weighted by molar-refractivity contribution is -0.139. The van der Waals surface area contributed by atoms with Crippen molar-refractivity contribution in [2.75, 3.05) is 6.61 Å². The summed E-state index contributed by atoms with van der Waals surface area (Å²) in [7, 11) is 0. The van der Waals surface area contributed by atoms with Crippen LogP contribution in [0, 0.1) is 0 Å². The molecule has 0 saturated carbocycles. The van der Waals surface area contributed by atoms with E-state index in [0.717, 1.165) is 32.1 Å². The Morgan fingerprint density at radius 1 is 0.970 bits per heavy atom. The summed E-state index contributed by atoms with van der Waals surface area (Å²) in [6.45, 7) is 0.103. The minimum absolute atomic E-state index is 0.103. The molecule has 1 amide bonds. The molecule has 0 bridgehead atoms. The number of nitrogens with one attached hydrogen (secondary N) is 1. The van der Waals surface area contributed by atoms with Gasteiger partial charge in [-0.05, 0) is 34.4 Å². The zero-order valence-electron chi connectivity index (χ0n) is 17.4. The first-order chi connectivity index (χ1) is 16.0. The number of carbonyl (C=O) groups excluding carboxylic acids is 1. The summed E-state index contributed by atoms with van der Waals surface area (Å²) >= 11 is 3.46. The van der Waals surface area contributed by atoms with Gasteiger partial charge in [-0.1, -0.05) is 76.6 Å². The molecule has 1 unspecified atom stereocenters. The minimum atomic E-state index is -1.30. The zero-order valence-corrected chi connectivity index (χ0v) is 19.0. The van der Waals surface area contributed by atoms with E-state index in [9.17, 15) is 14.7 Å². The van der Waals surface area contributed by atoms with Crippen molar-refractivity contribution in [3.63, 3.8) is 0 Å². The molecule has 0 spiro atoms. The maximum absolute atomic E-state index is 12.7. The molecular weight excluding hydrogens is 484 g/mol. The first-order valence-electron chi connectivity index (χ1n) is 10.4. The van der Waals surface area contributed by atoms with E-state index in [2.05, 4.69) is 38.4 Å². The highest BCUT2D eigenvalue weighted by atomic mass is 79.9. The van der Waals surface area contributed by atoms with E-state index in [1.807, 2.05) is 42.5 Å². The number of alkyl carbamates (subject to hydrolysis) is 1. The third-order valence-electron chi connectivity index (χ3n) is 5.91. The van der Waals surface area contributed by atoms with Crippen LogP contribution < -0.4 is 5.32 Å². The number of carboxylic acid groups (broad SMARTS) is 1. The summed E-state index contributed by atoms with van der Waals surface area (Å²) in [6, 6.07) is 21.8. The molecule has 5 rings (SSSR count). The van der Waals surface area contributed by atoms with Gasteiger partial charge >= 0.3 is 12.1 Å². The van der Waals surface area contributed by atoms with Crippen LogP contribution in [0.25, 0.3) is 22.0 Å². The molecule has 33 heavy (non-hydrogen) atoms. The number of carbonyl (C=O) groups is 2. The van der Waals surface area contributed by atoms with E-state index in [0.29, 0.717) is 11.1 Å². The number of aliphatic carboxylic acids is 1. The van der Waals surface area contributed by atoms with Crippen LogP contribution in [0.3, 0.4) is 0 Å². The molecule has 1 aliphatic carbocycles. The topological polar surface area (TPSA) is 88.5 Å². The summed E-state index contributed by atoms with van der Waals surface area (Å²) in [6.07, 6.45) is 0.793. The Hall–Kier alpha value is -3.71. The van der Waals surface area contributed by atoms with E-state index < -0.39 is 18.1 Å². The molecule has 1 heterocycles. The number of benzene rings is 3. The Morgan fingerprint density at radius 3 is 2.30 bits per heavy atom. The molecule has 2 N–H and O–H groups in total. The number of pyridine rings is 1. The normalized spacial score (nSPS) is 13.2. The quantitative estimate of drug-likeness (QED) is 0.367. The number of carboxylic acids is 1. The van der Waals surface area contributed by atoms with Crippen molar-refractivity contribution in [3.8, 4) is 11.1 Å². The average molecular weight is 503 g/mol. The summed E-state index contributed by atoms with van der Waals surface area (Å²) in [5.74, 6) is -1.31. The predicted molar refractivity (Wildman–Crippen MR) is 128 cm³/mol. The predicted octanol–water partition coefficient (Wildman–Crippen LogP) is 5.66. The van der Waals surface area contributed by atoms with Crippen molar-refractivity contribution < 1.29 is 19.4 Å². The standard InChI is InChI=1S/C26H19BrN2O4/c27-22-12-11-20(23-19(22)10-5-13-28-23)24(25(30)31)29-26(32)33-14-21-17-8-3-1-6-15(17)16-7-2-4-9-18(16)21/h1-13,21,24H,14H2,(H,29,32)(H,30,31). The van der Waals surface area contributed by atoms with E-state index >= 15 is 0 Å². The highest BCUT2D eigenvalue weighted by molar-refractivity contribution is 9.10. The number of hydrogen-bond acceptors (Lipinski definition) is 4. The Labute approximate surface area is 198 Å². The monoisotopic (exact) mass is 502 g/mol. The second-order valence-corrected chi connectivity index (χ2v) is 8.63. The Morgan fingerprint density at radius 2 is 1.64 bits per heavy atom. The first-order valence-corrected chi connectivity index (χ1v) is 11.2. The fourth-order valence-corrected chi connectivity index (χ4v) is 4.88. The number of rotatable bonds is 5. The number of hydrogen-bond donors (Lipinski definition) is 2. The third-order valence-corrected chi connectivity index (χ3v) is 6.60. The van der Waals surface area contributed by atoms with Crippen LogP contribution in [-0.2, 0) is 9.53 Å². The third kappa shape index (κ3) is 3.85. The van der Waals surface area contributed by atoms with Crippen LogP contribution in [0.15, 0.2) is 83.5 Å². The largest absolute Gasteiger partial charge is 0.479 e. The first kappa shape index (κ1) is 21.2. The number of fused-ring (bicyclic) bond motifs is 4. The molecule has 0 fully saturated rings. The molecule has 7 heteroatoms. The second-order valence-electron chi connectivity index (χ2n) is 7.78. The summed E-state index contributed by atoms with van der Waals surface area (Å²) < 4.78 is 6.33. The van der Waals surface area contributed by atoms with Crippen LogP contribution in [-0.4, -0.2) is 28.8 Å². The molecule has 1 aromatic heterocycles. The average Bonchev–Trinajstić information content (AvgIpc) is 3.16. The molecule has 0 aliphatic heterocycles. The molecule has 1 aliphatic rings. The van der Waals surface area contributed by atoms with Crippen molar-refractivity contribution in [1.82, 2.24) is 10.3 Å². The maximum Gasteiger partial charge on any atom is 0.408 e. The lowest BCUT2D eigenvalue weighted by atomic mass is 9.98. The zero-order chi connectivity index (χ0) is 22.9. The number of aromatic nitrogens is 1. The highest BCUT2D eigenvalue weighted by Gasteiger charge is 2.30. The number of halogens is 1. The van der Waals surface area contributed by atoms with Gasteiger partial charge < -0.3 is 15.2 Å². The van der Waals surface area contributed by atoms with Crippen molar-refractivity contribution in [1.29, 1.82) is 0 Å². The van der Waals surface area contributed by atoms with Gasteiger partial charge in [0.15, 0.2) is 6.04 Å². The fraction of sp³-hybridized carbons (Fsp3) is 0.115. The number of amides is 1. The van der Waals surface area contributed by atoms with Crippen LogP contribution in [0.2, 0.25) is 0 Å². The minimum Gasteiger partial charge on any atom is -0.479 e. The molecule has 164 valence electrons. The number of nitrogens with zero attached hydrogens (tertiary/aromatic N) is 1. The van der Waals surface area contributed by atoms with Gasteiger partial charge in [0.1, 0.15) is 6.61 Å². The molecule has 0 radical (unpaired) electrons. The van der Waals surface area contributed by atoms with E-state index in [1.54, 1.807) is 24.4 Å². The molecule has 1 atom stereocenters. The van der Waals surface area contributed by atoms with Gasteiger partial charge in [0.05, 0.1) is 5.52 Å². The van der Waals surface area contributed by atoms with Gasteiger partial charge in [-0.3, -0.25) is 4.98 Å². The van der Waals surface area contributed by atoms with Gasteiger partial charge in [-0.2, -0.15) is 0 Å². The SMILES string of the molecule is O=C(NC(C(=O)O)c1ccc(Br)c2cccnc12)OCC1c2ccccc2-c2ccccc21. The number of ether oxygens (including phenoxy) is 1. The van der Waals surface area contributed by atoms with Gasteiger partial charge in [-0.15, -0.1) is 0 Å². The molecule has 6 nitrogen and oxygen atoms in total. The van der Waals surface area contributed by atoms with Crippen LogP contribution in [0.5, 0.6) is 0 Å². The van der Waals surface area contributed by atoms with Crippen LogP contribution in [0.1, 0.15) is 28.7 Å². The fourth-order valence-electron chi connectivity index (χ4n) is 4.42. The van der Waals surface area contributed by atoms with Gasteiger partial charge in [-0.25, -0.2) is 9.59 Å².